The Balaban J connectivity index is 2.49. The van der Waals surface area contributed by atoms with Gasteiger partial charge in [-0.25, -0.2) is 0 Å². The van der Waals surface area contributed by atoms with Crippen molar-refractivity contribution >= 4 is 31.9 Å². The Kier molecular flexibility index (Phi) is 2.50. The Labute approximate surface area is 118 Å². The van der Waals surface area contributed by atoms with Gasteiger partial charge in [0.15, 0.2) is 0 Å². The molecule has 0 atom stereocenters. The summed E-state index contributed by atoms with van der Waals surface area (Å²) in [5.41, 5.74) is 5.54. The predicted molar refractivity (Wildman–Crippen MR) is 79.4 cm³/mol. The molecule has 0 fully saturated rings. The first-order valence-corrected chi connectivity index (χ1v) is 7.20. The Bertz CT molecular complexity index is 559. The lowest BCUT2D eigenvalue weighted by molar-refractivity contribution is 0.660. The highest BCUT2D eigenvalue weighted by Gasteiger charge is 2.37. The Morgan fingerprint density at radius 2 is 1.18 bits per heavy atom. The molecule has 0 N–H and O–H groups in total. The summed E-state index contributed by atoms with van der Waals surface area (Å²) >= 11 is 7.36. The van der Waals surface area contributed by atoms with Gasteiger partial charge in [0.1, 0.15) is 0 Å². The van der Waals surface area contributed by atoms with Crippen LogP contribution in [0.5, 0.6) is 0 Å². The SMILES string of the molecule is CC1(C)c2cccc(Br)c2-c2c(Br)cccc21. The third-order valence-corrected chi connectivity index (χ3v) is 4.95. The highest BCUT2D eigenvalue weighted by molar-refractivity contribution is 9.11. The lowest BCUT2D eigenvalue weighted by atomic mass is 9.82. The molecule has 0 unspecified atom stereocenters. The van der Waals surface area contributed by atoms with Gasteiger partial charge in [0.05, 0.1) is 0 Å². The molecule has 2 aromatic rings. The molecule has 86 valence electrons. The summed E-state index contributed by atoms with van der Waals surface area (Å²) in [5, 5.41) is 0. The first-order valence-electron chi connectivity index (χ1n) is 5.62. The van der Waals surface area contributed by atoms with Gasteiger partial charge in [0.25, 0.3) is 0 Å². The zero-order valence-electron chi connectivity index (χ0n) is 9.72. The first-order chi connectivity index (χ1) is 8.03. The topological polar surface area (TPSA) is 0 Å². The van der Waals surface area contributed by atoms with E-state index in [0.29, 0.717) is 0 Å². The van der Waals surface area contributed by atoms with Gasteiger partial charge >= 0.3 is 0 Å². The zero-order chi connectivity index (χ0) is 12.2. The third-order valence-electron chi connectivity index (χ3n) is 3.62. The van der Waals surface area contributed by atoms with Crippen molar-refractivity contribution in [2.45, 2.75) is 19.3 Å². The zero-order valence-corrected chi connectivity index (χ0v) is 12.9. The average Bonchev–Trinajstić information content (AvgIpc) is 2.52. The second-order valence-corrected chi connectivity index (χ2v) is 6.66. The highest BCUT2D eigenvalue weighted by Crippen LogP contribution is 2.53. The lowest BCUT2D eigenvalue weighted by Gasteiger charge is -2.21. The summed E-state index contributed by atoms with van der Waals surface area (Å²) in [5.74, 6) is 0. The minimum absolute atomic E-state index is 0.0816. The van der Waals surface area contributed by atoms with Crippen LogP contribution in [-0.2, 0) is 5.41 Å². The van der Waals surface area contributed by atoms with E-state index in [9.17, 15) is 0 Å². The number of fused-ring (bicyclic) bond motifs is 3. The van der Waals surface area contributed by atoms with E-state index in [4.69, 9.17) is 0 Å². The number of benzene rings is 2. The van der Waals surface area contributed by atoms with Crippen molar-refractivity contribution < 1.29 is 0 Å². The second kappa shape index (κ2) is 3.69. The van der Waals surface area contributed by atoms with Crippen LogP contribution in [0.3, 0.4) is 0 Å². The molecule has 2 aromatic carbocycles. The van der Waals surface area contributed by atoms with Crippen LogP contribution in [0.15, 0.2) is 45.3 Å². The molecule has 17 heavy (non-hydrogen) atoms. The molecule has 0 radical (unpaired) electrons. The summed E-state index contributed by atoms with van der Waals surface area (Å²) in [6.45, 7) is 4.58. The molecular weight excluding hydrogens is 340 g/mol. The monoisotopic (exact) mass is 350 g/mol. The number of hydrogen-bond donors (Lipinski definition) is 0. The van der Waals surface area contributed by atoms with Crippen molar-refractivity contribution in [2.24, 2.45) is 0 Å². The van der Waals surface area contributed by atoms with Gasteiger partial charge in [-0.2, -0.15) is 0 Å². The summed E-state index contributed by atoms with van der Waals surface area (Å²) in [6.07, 6.45) is 0. The van der Waals surface area contributed by atoms with Crippen molar-refractivity contribution in [1.82, 2.24) is 0 Å². The maximum atomic E-state index is 3.68. The van der Waals surface area contributed by atoms with Crippen LogP contribution >= 0.6 is 31.9 Å². The molecule has 0 nitrogen and oxygen atoms in total. The minimum Gasteiger partial charge on any atom is -0.0608 e. The molecular formula is C15H12Br2. The first kappa shape index (κ1) is 11.5. The second-order valence-electron chi connectivity index (χ2n) is 4.95. The highest BCUT2D eigenvalue weighted by atomic mass is 79.9. The summed E-state index contributed by atoms with van der Waals surface area (Å²) in [6, 6.07) is 12.9. The predicted octanol–water partition coefficient (Wildman–Crippen LogP) is 5.52. The Hall–Kier alpha value is -0.600. The minimum atomic E-state index is 0.0816. The third kappa shape index (κ3) is 1.47. The standard InChI is InChI=1S/C15H12Br2/c1-15(2)9-5-3-7-11(16)13(9)14-10(15)6-4-8-12(14)17/h3-8H,1-2H3. The number of rotatable bonds is 0. The van der Waals surface area contributed by atoms with E-state index in [-0.39, 0.29) is 5.41 Å². The molecule has 2 heteroatoms. The molecule has 0 spiro atoms. The van der Waals surface area contributed by atoms with Gasteiger partial charge in [0, 0.05) is 25.5 Å². The van der Waals surface area contributed by atoms with Crippen LogP contribution in [0.1, 0.15) is 25.0 Å². The van der Waals surface area contributed by atoms with E-state index in [1.807, 2.05) is 0 Å². The van der Waals surface area contributed by atoms with Crippen LogP contribution in [-0.4, -0.2) is 0 Å². The molecule has 0 saturated heterocycles. The van der Waals surface area contributed by atoms with Gasteiger partial charge in [-0.05, 0) is 23.3 Å². The molecule has 0 amide bonds. The van der Waals surface area contributed by atoms with Gasteiger partial charge in [-0.3, -0.25) is 0 Å². The van der Waals surface area contributed by atoms with E-state index in [1.54, 1.807) is 0 Å². The Morgan fingerprint density at radius 3 is 1.59 bits per heavy atom. The maximum Gasteiger partial charge on any atom is 0.0257 e. The van der Waals surface area contributed by atoms with E-state index in [0.717, 1.165) is 0 Å². The van der Waals surface area contributed by atoms with Crippen molar-refractivity contribution in [2.75, 3.05) is 0 Å². The molecule has 0 saturated carbocycles. The quantitative estimate of drug-likeness (QED) is 0.586. The molecule has 3 rings (SSSR count). The van der Waals surface area contributed by atoms with Crippen molar-refractivity contribution in [3.8, 4) is 11.1 Å². The maximum absolute atomic E-state index is 3.68. The molecule has 0 aliphatic heterocycles. The molecule has 0 aromatic heterocycles. The summed E-state index contributed by atoms with van der Waals surface area (Å²) < 4.78 is 2.35. The van der Waals surface area contributed by atoms with E-state index in [1.165, 1.54) is 31.2 Å². The van der Waals surface area contributed by atoms with Crippen LogP contribution in [0.2, 0.25) is 0 Å². The van der Waals surface area contributed by atoms with Crippen LogP contribution < -0.4 is 0 Å². The van der Waals surface area contributed by atoms with E-state index in [2.05, 4.69) is 82.1 Å². The Morgan fingerprint density at radius 1 is 0.765 bits per heavy atom. The normalized spacial score (nSPS) is 15.5. The molecule has 0 bridgehead atoms. The van der Waals surface area contributed by atoms with Gasteiger partial charge in [-0.15, -0.1) is 0 Å². The molecule has 1 aliphatic rings. The molecule has 0 heterocycles. The number of halogens is 2. The van der Waals surface area contributed by atoms with Crippen molar-refractivity contribution in [3.05, 3.63) is 56.5 Å². The van der Waals surface area contributed by atoms with Crippen LogP contribution in [0.25, 0.3) is 11.1 Å². The van der Waals surface area contributed by atoms with Crippen LogP contribution in [0.4, 0.5) is 0 Å². The fourth-order valence-electron chi connectivity index (χ4n) is 2.74. The largest absolute Gasteiger partial charge is 0.0608 e. The van der Waals surface area contributed by atoms with E-state index >= 15 is 0 Å². The molecule has 1 aliphatic carbocycles. The fraction of sp³-hybridized carbons (Fsp3) is 0.200. The van der Waals surface area contributed by atoms with Gasteiger partial charge in [-0.1, -0.05) is 70.0 Å². The van der Waals surface area contributed by atoms with Gasteiger partial charge < -0.3 is 0 Å². The smallest absolute Gasteiger partial charge is 0.0257 e. The lowest BCUT2D eigenvalue weighted by Crippen LogP contribution is -2.14. The van der Waals surface area contributed by atoms with E-state index < -0.39 is 0 Å². The number of hydrogen-bond acceptors (Lipinski definition) is 0. The summed E-state index contributed by atoms with van der Waals surface area (Å²) in [7, 11) is 0. The fourth-order valence-corrected chi connectivity index (χ4v) is 3.87. The van der Waals surface area contributed by atoms with Crippen LogP contribution in [0, 0.1) is 0 Å². The van der Waals surface area contributed by atoms with Crippen molar-refractivity contribution in [1.29, 1.82) is 0 Å². The van der Waals surface area contributed by atoms with Gasteiger partial charge in [0.2, 0.25) is 0 Å². The average molecular weight is 352 g/mol. The van der Waals surface area contributed by atoms with Crippen molar-refractivity contribution in [3.63, 3.8) is 0 Å². The summed E-state index contributed by atoms with van der Waals surface area (Å²) in [4.78, 5) is 0.